The van der Waals surface area contributed by atoms with E-state index in [2.05, 4.69) is 10.3 Å². The Morgan fingerprint density at radius 3 is 3.10 bits per heavy atom. The summed E-state index contributed by atoms with van der Waals surface area (Å²) in [4.78, 5) is 4.31. The standard InChI is InChI=1S/C8H11N2/c1-3-7-8(9-5-1)4-2-6-10-7/h5H,1-4,6H2. The minimum absolute atomic E-state index is 1.02. The number of allylic oxidation sites excluding steroid dienone is 2. The third-order valence-corrected chi connectivity index (χ3v) is 1.96. The summed E-state index contributed by atoms with van der Waals surface area (Å²) in [5.41, 5.74) is 2.52. The Labute approximate surface area is 61.0 Å². The number of aliphatic imine (C=N–C) groups is 1. The lowest BCUT2D eigenvalue weighted by Gasteiger charge is -2.19. The fraction of sp³-hybridized carbons (Fsp3) is 0.625. The summed E-state index contributed by atoms with van der Waals surface area (Å²) < 4.78 is 0. The molecular formula is C8H11N2. The van der Waals surface area contributed by atoms with Crippen LogP contribution >= 0.6 is 0 Å². The van der Waals surface area contributed by atoms with Gasteiger partial charge in [-0.1, -0.05) is 0 Å². The molecule has 0 fully saturated rings. The summed E-state index contributed by atoms with van der Waals surface area (Å²) in [6.07, 6.45) is 6.56. The van der Waals surface area contributed by atoms with Crippen molar-refractivity contribution in [2.24, 2.45) is 4.99 Å². The van der Waals surface area contributed by atoms with E-state index in [-0.39, 0.29) is 0 Å². The van der Waals surface area contributed by atoms with Crippen molar-refractivity contribution in [2.45, 2.75) is 25.7 Å². The van der Waals surface area contributed by atoms with Crippen molar-refractivity contribution in [1.29, 1.82) is 0 Å². The van der Waals surface area contributed by atoms with Crippen LogP contribution in [0.4, 0.5) is 0 Å². The zero-order chi connectivity index (χ0) is 6.81. The second-order valence-corrected chi connectivity index (χ2v) is 2.73. The van der Waals surface area contributed by atoms with Crippen LogP contribution in [0.25, 0.3) is 0 Å². The molecule has 0 saturated carbocycles. The van der Waals surface area contributed by atoms with E-state index >= 15 is 0 Å². The van der Waals surface area contributed by atoms with Crippen molar-refractivity contribution < 1.29 is 0 Å². The number of hydrogen-bond acceptors (Lipinski definition) is 1. The highest BCUT2D eigenvalue weighted by molar-refractivity contribution is 5.61. The molecule has 0 amide bonds. The first-order valence-electron chi connectivity index (χ1n) is 3.89. The highest BCUT2D eigenvalue weighted by Gasteiger charge is 2.13. The average molecular weight is 135 g/mol. The summed E-state index contributed by atoms with van der Waals surface area (Å²) in [6, 6.07) is 0. The minimum Gasteiger partial charge on any atom is -0.288 e. The van der Waals surface area contributed by atoms with Crippen LogP contribution in [0, 0.1) is 0 Å². The van der Waals surface area contributed by atoms with Crippen molar-refractivity contribution in [3.8, 4) is 0 Å². The van der Waals surface area contributed by atoms with Crippen molar-refractivity contribution >= 4 is 6.21 Å². The maximum Gasteiger partial charge on any atom is 0.0610 e. The number of nitrogens with zero attached hydrogens (tertiary/aromatic N) is 2. The SMILES string of the molecule is C1=NC2=C(CC1)[N]CCC2. The quantitative estimate of drug-likeness (QED) is 0.481. The van der Waals surface area contributed by atoms with E-state index in [4.69, 9.17) is 0 Å². The van der Waals surface area contributed by atoms with Gasteiger partial charge in [-0.3, -0.25) is 10.3 Å². The lowest BCUT2D eigenvalue weighted by molar-refractivity contribution is 0.615. The van der Waals surface area contributed by atoms with Gasteiger partial charge in [-0.15, -0.1) is 0 Å². The molecule has 2 rings (SSSR count). The molecule has 0 saturated heterocycles. The zero-order valence-corrected chi connectivity index (χ0v) is 6.01. The minimum atomic E-state index is 1.02. The van der Waals surface area contributed by atoms with E-state index in [0.29, 0.717) is 0 Å². The van der Waals surface area contributed by atoms with Crippen LogP contribution in [-0.2, 0) is 0 Å². The third kappa shape index (κ3) is 0.939. The molecule has 2 heteroatoms. The summed E-state index contributed by atoms with van der Waals surface area (Å²) >= 11 is 0. The molecule has 2 aliphatic rings. The lowest BCUT2D eigenvalue weighted by atomic mass is 10.1. The van der Waals surface area contributed by atoms with Gasteiger partial charge in [0.15, 0.2) is 0 Å². The number of hydrogen-bond donors (Lipinski definition) is 0. The normalized spacial score (nSPS) is 24.0. The first kappa shape index (κ1) is 5.96. The summed E-state index contributed by atoms with van der Waals surface area (Å²) in [7, 11) is 0. The van der Waals surface area contributed by atoms with E-state index in [9.17, 15) is 0 Å². The van der Waals surface area contributed by atoms with E-state index < -0.39 is 0 Å². The smallest absolute Gasteiger partial charge is 0.0610 e. The Hall–Kier alpha value is -0.790. The van der Waals surface area contributed by atoms with Crippen LogP contribution in [0.3, 0.4) is 0 Å². The van der Waals surface area contributed by atoms with E-state index in [1.807, 2.05) is 6.21 Å². The van der Waals surface area contributed by atoms with Gasteiger partial charge in [0.2, 0.25) is 0 Å². The molecule has 0 N–H and O–H groups in total. The predicted molar refractivity (Wildman–Crippen MR) is 41.0 cm³/mol. The van der Waals surface area contributed by atoms with Crippen LogP contribution < -0.4 is 5.32 Å². The van der Waals surface area contributed by atoms with Crippen LogP contribution in [0.15, 0.2) is 16.4 Å². The fourth-order valence-corrected chi connectivity index (χ4v) is 1.43. The van der Waals surface area contributed by atoms with Gasteiger partial charge < -0.3 is 0 Å². The predicted octanol–water partition coefficient (Wildman–Crippen LogP) is 1.46. The largest absolute Gasteiger partial charge is 0.288 e. The molecule has 1 radical (unpaired) electrons. The molecule has 0 bridgehead atoms. The van der Waals surface area contributed by atoms with Gasteiger partial charge >= 0.3 is 0 Å². The monoisotopic (exact) mass is 135 g/mol. The molecule has 0 atom stereocenters. The van der Waals surface area contributed by atoms with Gasteiger partial charge in [0.25, 0.3) is 0 Å². The number of rotatable bonds is 0. The Morgan fingerprint density at radius 2 is 2.20 bits per heavy atom. The second kappa shape index (κ2) is 2.45. The fourth-order valence-electron chi connectivity index (χ4n) is 1.43. The maximum atomic E-state index is 4.42. The lowest BCUT2D eigenvalue weighted by Crippen LogP contribution is -2.16. The van der Waals surface area contributed by atoms with Gasteiger partial charge in [0.1, 0.15) is 0 Å². The van der Waals surface area contributed by atoms with Gasteiger partial charge in [-0.2, -0.15) is 0 Å². The van der Waals surface area contributed by atoms with Crippen molar-refractivity contribution in [1.82, 2.24) is 5.32 Å². The summed E-state index contributed by atoms with van der Waals surface area (Å²) in [6.45, 7) is 1.02. The van der Waals surface area contributed by atoms with Crippen molar-refractivity contribution in [3.63, 3.8) is 0 Å². The molecule has 0 aromatic heterocycles. The molecule has 0 aliphatic carbocycles. The van der Waals surface area contributed by atoms with Gasteiger partial charge in [0.05, 0.1) is 11.4 Å². The van der Waals surface area contributed by atoms with Crippen LogP contribution in [-0.4, -0.2) is 12.8 Å². The van der Waals surface area contributed by atoms with E-state index in [1.165, 1.54) is 17.8 Å². The molecule has 2 heterocycles. The first-order valence-corrected chi connectivity index (χ1v) is 3.89. The third-order valence-electron chi connectivity index (χ3n) is 1.96. The first-order chi connectivity index (χ1) is 4.97. The zero-order valence-electron chi connectivity index (χ0n) is 6.01. The molecule has 0 unspecified atom stereocenters. The molecule has 2 aliphatic heterocycles. The van der Waals surface area contributed by atoms with Gasteiger partial charge in [-0.05, 0) is 25.7 Å². The summed E-state index contributed by atoms with van der Waals surface area (Å²) in [5.74, 6) is 0. The summed E-state index contributed by atoms with van der Waals surface area (Å²) in [5, 5.41) is 4.42. The topological polar surface area (TPSA) is 26.5 Å². The van der Waals surface area contributed by atoms with Gasteiger partial charge in [0, 0.05) is 12.8 Å². The molecule has 2 nitrogen and oxygen atoms in total. The Balaban J connectivity index is 2.23. The highest BCUT2D eigenvalue weighted by atomic mass is 14.9. The molecular weight excluding hydrogens is 124 g/mol. The highest BCUT2D eigenvalue weighted by Crippen LogP contribution is 2.22. The average Bonchev–Trinajstić information content (AvgIpc) is 2.05. The van der Waals surface area contributed by atoms with E-state index in [1.54, 1.807) is 0 Å². The van der Waals surface area contributed by atoms with Crippen LogP contribution in [0.1, 0.15) is 25.7 Å². The Bertz CT molecular complexity index is 191. The van der Waals surface area contributed by atoms with Gasteiger partial charge in [-0.25, -0.2) is 0 Å². The molecule has 0 spiro atoms. The molecule has 53 valence electrons. The second-order valence-electron chi connectivity index (χ2n) is 2.73. The molecule has 0 aromatic rings. The van der Waals surface area contributed by atoms with Crippen LogP contribution in [0.5, 0.6) is 0 Å². The van der Waals surface area contributed by atoms with Crippen molar-refractivity contribution in [3.05, 3.63) is 11.4 Å². The molecule has 10 heavy (non-hydrogen) atoms. The Morgan fingerprint density at radius 1 is 1.20 bits per heavy atom. The maximum absolute atomic E-state index is 4.42. The van der Waals surface area contributed by atoms with E-state index in [0.717, 1.165) is 25.8 Å². The Kier molecular flexibility index (Phi) is 1.46. The molecule has 0 aromatic carbocycles. The van der Waals surface area contributed by atoms with Crippen LogP contribution in [0.2, 0.25) is 0 Å². The van der Waals surface area contributed by atoms with Crippen molar-refractivity contribution in [2.75, 3.05) is 6.54 Å².